The summed E-state index contributed by atoms with van der Waals surface area (Å²) in [4.78, 5) is 27.7. The van der Waals surface area contributed by atoms with Crippen molar-refractivity contribution in [3.8, 4) is 5.75 Å². The van der Waals surface area contributed by atoms with Crippen LogP contribution in [-0.4, -0.2) is 43.3 Å². The third-order valence-corrected chi connectivity index (χ3v) is 5.31. The van der Waals surface area contributed by atoms with Crippen LogP contribution in [0.25, 0.3) is 16.6 Å². The van der Waals surface area contributed by atoms with E-state index in [9.17, 15) is 9.18 Å². The maximum Gasteiger partial charge on any atom is 0.257 e. The molecule has 3 aromatic heterocycles. The van der Waals surface area contributed by atoms with E-state index in [4.69, 9.17) is 10.5 Å². The molecular formula is C21H19FN6O2. The number of amides is 1. The molecule has 4 aromatic rings. The van der Waals surface area contributed by atoms with Gasteiger partial charge in [-0.2, -0.15) is 0 Å². The number of rotatable bonds is 5. The van der Waals surface area contributed by atoms with Crippen LogP contribution >= 0.6 is 0 Å². The Balaban J connectivity index is 1.54. The highest BCUT2D eigenvalue weighted by molar-refractivity contribution is 5.98. The largest absolute Gasteiger partial charge is 0.495 e. The first kappa shape index (κ1) is 18.3. The maximum absolute atomic E-state index is 14.9. The highest BCUT2D eigenvalue weighted by atomic mass is 19.1. The predicted molar refractivity (Wildman–Crippen MR) is 109 cm³/mol. The number of nitrogen functional groups attached to an aromatic ring is 1. The van der Waals surface area contributed by atoms with Gasteiger partial charge in [-0.1, -0.05) is 0 Å². The molecule has 0 atom stereocenters. The van der Waals surface area contributed by atoms with E-state index >= 15 is 0 Å². The Hall–Kier alpha value is -3.75. The van der Waals surface area contributed by atoms with Gasteiger partial charge in [0.05, 0.1) is 54.7 Å². The molecule has 0 aliphatic heterocycles. The third kappa shape index (κ3) is 3.08. The number of hydrogen-bond donors (Lipinski definition) is 1. The smallest absolute Gasteiger partial charge is 0.257 e. The molecule has 1 saturated carbocycles. The summed E-state index contributed by atoms with van der Waals surface area (Å²) in [6.45, 7) is 0.297. The van der Waals surface area contributed by atoms with Crippen molar-refractivity contribution >= 4 is 28.3 Å². The topological polar surface area (TPSA) is 98.6 Å². The van der Waals surface area contributed by atoms with Crippen LogP contribution in [0, 0.1) is 5.82 Å². The Labute approximate surface area is 171 Å². The van der Waals surface area contributed by atoms with Crippen LogP contribution < -0.4 is 10.5 Å². The average Bonchev–Trinajstić information content (AvgIpc) is 3.46. The summed E-state index contributed by atoms with van der Waals surface area (Å²) in [5.41, 5.74) is 8.17. The predicted octanol–water partition coefficient (Wildman–Crippen LogP) is 2.81. The van der Waals surface area contributed by atoms with E-state index in [1.807, 2.05) is 0 Å². The monoisotopic (exact) mass is 406 g/mol. The number of anilines is 1. The summed E-state index contributed by atoms with van der Waals surface area (Å²) in [6, 6.07) is 6.44. The van der Waals surface area contributed by atoms with Crippen LogP contribution in [-0.2, 0) is 6.54 Å². The number of ether oxygens (including phenoxy) is 1. The molecule has 1 aliphatic rings. The van der Waals surface area contributed by atoms with Gasteiger partial charge in [0.15, 0.2) is 0 Å². The van der Waals surface area contributed by atoms with Gasteiger partial charge in [0.25, 0.3) is 5.91 Å². The molecule has 1 aromatic carbocycles. The Morgan fingerprint density at radius 3 is 2.83 bits per heavy atom. The number of nitrogens with zero attached hydrogens (tertiary/aromatic N) is 5. The van der Waals surface area contributed by atoms with Crippen molar-refractivity contribution in [2.24, 2.45) is 0 Å². The molecule has 2 N–H and O–H groups in total. The van der Waals surface area contributed by atoms with Gasteiger partial charge < -0.3 is 15.4 Å². The van der Waals surface area contributed by atoms with Gasteiger partial charge in [0.1, 0.15) is 22.9 Å². The van der Waals surface area contributed by atoms with Crippen LogP contribution in [0.3, 0.4) is 0 Å². The molecule has 9 heteroatoms. The van der Waals surface area contributed by atoms with Gasteiger partial charge in [0, 0.05) is 12.1 Å². The minimum Gasteiger partial charge on any atom is -0.495 e. The fourth-order valence-corrected chi connectivity index (χ4v) is 3.57. The summed E-state index contributed by atoms with van der Waals surface area (Å²) in [5, 5.41) is 0. The number of carbonyl (C=O) groups is 1. The normalized spacial score (nSPS) is 13.7. The van der Waals surface area contributed by atoms with E-state index < -0.39 is 5.82 Å². The van der Waals surface area contributed by atoms with Gasteiger partial charge in [-0.15, -0.1) is 0 Å². The number of benzene rings is 1. The molecule has 1 aliphatic carbocycles. The minimum absolute atomic E-state index is 0.00974. The molecular weight excluding hydrogens is 387 g/mol. The van der Waals surface area contributed by atoms with E-state index in [-0.39, 0.29) is 23.3 Å². The van der Waals surface area contributed by atoms with Crippen molar-refractivity contribution < 1.29 is 13.9 Å². The van der Waals surface area contributed by atoms with Crippen LogP contribution in [0.15, 0.2) is 43.0 Å². The standard InChI is InChI=1S/C21H19FN6O2/c1-30-14-5-2-12(25-8-14)10-27(13-3-4-13)21(29)15-6-18-17(7-16(15)22)26-20(23)19-9-24-11-28(18)19/h2,5-9,11,13H,3-4,10H2,1H3,(H2,23,26). The van der Waals surface area contributed by atoms with E-state index in [1.165, 1.54) is 12.1 Å². The van der Waals surface area contributed by atoms with Crippen molar-refractivity contribution in [2.45, 2.75) is 25.4 Å². The molecule has 0 spiro atoms. The summed E-state index contributed by atoms with van der Waals surface area (Å²) >= 11 is 0. The third-order valence-electron chi connectivity index (χ3n) is 5.31. The first-order chi connectivity index (χ1) is 14.5. The second kappa shape index (κ2) is 6.94. The van der Waals surface area contributed by atoms with E-state index in [2.05, 4.69) is 15.0 Å². The van der Waals surface area contributed by atoms with Crippen LogP contribution in [0.4, 0.5) is 10.2 Å². The van der Waals surface area contributed by atoms with Gasteiger partial charge in [0.2, 0.25) is 0 Å². The van der Waals surface area contributed by atoms with Gasteiger partial charge in [-0.25, -0.2) is 14.4 Å². The molecule has 0 unspecified atom stereocenters. The van der Waals surface area contributed by atoms with Crippen LogP contribution in [0.2, 0.25) is 0 Å². The van der Waals surface area contributed by atoms with Gasteiger partial charge >= 0.3 is 0 Å². The van der Waals surface area contributed by atoms with E-state index in [1.54, 1.807) is 47.3 Å². The van der Waals surface area contributed by atoms with Crippen molar-refractivity contribution in [2.75, 3.05) is 12.8 Å². The molecule has 0 radical (unpaired) electrons. The minimum atomic E-state index is -0.632. The second-order valence-corrected chi connectivity index (χ2v) is 7.32. The number of carbonyl (C=O) groups excluding carboxylic acids is 1. The first-order valence-corrected chi connectivity index (χ1v) is 9.56. The van der Waals surface area contributed by atoms with Crippen molar-refractivity contribution in [3.05, 3.63) is 60.1 Å². The summed E-state index contributed by atoms with van der Waals surface area (Å²) in [7, 11) is 1.57. The lowest BCUT2D eigenvalue weighted by molar-refractivity contribution is 0.0723. The van der Waals surface area contributed by atoms with Crippen molar-refractivity contribution in [1.29, 1.82) is 0 Å². The number of halogens is 1. The zero-order chi connectivity index (χ0) is 20.8. The summed E-state index contributed by atoms with van der Waals surface area (Å²) in [6.07, 6.45) is 6.54. The Kier molecular flexibility index (Phi) is 4.23. The highest BCUT2D eigenvalue weighted by Gasteiger charge is 2.34. The fraction of sp³-hybridized carbons (Fsp3) is 0.238. The molecule has 30 heavy (non-hydrogen) atoms. The second-order valence-electron chi connectivity index (χ2n) is 7.32. The summed E-state index contributed by atoms with van der Waals surface area (Å²) in [5.74, 6) is -0.116. The number of nitrogens with two attached hydrogens (primary N) is 1. The Bertz CT molecular complexity index is 1270. The van der Waals surface area contributed by atoms with E-state index in [0.29, 0.717) is 34.5 Å². The molecule has 3 heterocycles. The SMILES string of the molecule is COc1ccc(CN(C(=O)c2cc3c(cc2F)nc(N)c2cncn23)C2CC2)nc1. The quantitative estimate of drug-likeness (QED) is 0.547. The lowest BCUT2D eigenvalue weighted by Crippen LogP contribution is -2.33. The van der Waals surface area contributed by atoms with Gasteiger partial charge in [-0.3, -0.25) is 14.2 Å². The molecule has 0 bridgehead atoms. The molecule has 8 nitrogen and oxygen atoms in total. The van der Waals surface area contributed by atoms with E-state index in [0.717, 1.165) is 12.8 Å². The maximum atomic E-state index is 14.9. The van der Waals surface area contributed by atoms with Crippen LogP contribution in [0.5, 0.6) is 5.75 Å². The van der Waals surface area contributed by atoms with Gasteiger partial charge in [-0.05, 0) is 31.0 Å². The molecule has 152 valence electrons. The molecule has 1 amide bonds. The molecule has 5 rings (SSSR count). The average molecular weight is 406 g/mol. The van der Waals surface area contributed by atoms with Crippen LogP contribution in [0.1, 0.15) is 28.9 Å². The highest BCUT2D eigenvalue weighted by Crippen LogP contribution is 2.31. The number of hydrogen-bond acceptors (Lipinski definition) is 6. The number of fused-ring (bicyclic) bond motifs is 3. The van der Waals surface area contributed by atoms with Crippen molar-refractivity contribution in [1.82, 2.24) is 24.3 Å². The zero-order valence-corrected chi connectivity index (χ0v) is 16.2. The number of pyridine rings is 1. The lowest BCUT2D eigenvalue weighted by Gasteiger charge is -2.23. The zero-order valence-electron chi connectivity index (χ0n) is 16.2. The number of aromatic nitrogens is 4. The fourth-order valence-electron chi connectivity index (χ4n) is 3.57. The Morgan fingerprint density at radius 2 is 2.13 bits per heavy atom. The number of methoxy groups -OCH3 is 1. The van der Waals surface area contributed by atoms with Crippen molar-refractivity contribution in [3.63, 3.8) is 0 Å². The lowest BCUT2D eigenvalue weighted by atomic mass is 10.1. The molecule has 1 fully saturated rings. The number of imidazole rings is 1. The Morgan fingerprint density at radius 1 is 1.30 bits per heavy atom. The summed E-state index contributed by atoms with van der Waals surface area (Å²) < 4.78 is 21.8. The first-order valence-electron chi connectivity index (χ1n) is 9.56. The molecule has 0 saturated heterocycles.